The second kappa shape index (κ2) is 5.41. The van der Waals surface area contributed by atoms with Crippen LogP contribution >= 0.6 is 11.6 Å². The lowest BCUT2D eigenvalue weighted by Crippen LogP contribution is -2.32. The highest BCUT2D eigenvalue weighted by atomic mass is 35.5. The summed E-state index contributed by atoms with van der Waals surface area (Å²) in [5.41, 5.74) is -0.937. The first-order chi connectivity index (χ1) is 11.2. The Labute approximate surface area is 141 Å². The summed E-state index contributed by atoms with van der Waals surface area (Å²) in [6, 6.07) is 8.05. The first-order valence-corrected chi connectivity index (χ1v) is 7.43. The molecule has 1 N–H and O–H groups in total. The van der Waals surface area contributed by atoms with Crippen LogP contribution in [0.4, 0.5) is 18.9 Å². The minimum Gasteiger partial charge on any atom is -0.496 e. The number of fused-ring (bicyclic) bond motifs is 1. The molecule has 1 unspecified atom stereocenters. The molecule has 3 rings (SSSR count). The van der Waals surface area contributed by atoms with Crippen molar-refractivity contribution in [2.45, 2.75) is 18.5 Å². The molecule has 0 saturated heterocycles. The van der Waals surface area contributed by atoms with Crippen molar-refractivity contribution in [2.75, 3.05) is 12.4 Å². The average molecular weight is 356 g/mol. The lowest BCUT2D eigenvalue weighted by Gasteiger charge is -2.25. The molecule has 7 heteroatoms. The molecule has 0 spiro atoms. The number of nitrogens with one attached hydrogen (secondary N) is 1. The van der Waals surface area contributed by atoms with Crippen molar-refractivity contribution < 1.29 is 22.7 Å². The van der Waals surface area contributed by atoms with Gasteiger partial charge in [0.1, 0.15) is 11.2 Å². The van der Waals surface area contributed by atoms with Crippen LogP contribution in [0, 0.1) is 0 Å². The van der Waals surface area contributed by atoms with E-state index in [-0.39, 0.29) is 5.69 Å². The molecule has 0 fully saturated rings. The Morgan fingerprint density at radius 2 is 1.83 bits per heavy atom. The number of rotatable bonds is 2. The zero-order valence-corrected chi connectivity index (χ0v) is 13.5. The maximum atomic E-state index is 12.9. The molecular weight excluding hydrogens is 343 g/mol. The summed E-state index contributed by atoms with van der Waals surface area (Å²) in [6.45, 7) is 1.63. The van der Waals surface area contributed by atoms with Gasteiger partial charge >= 0.3 is 6.18 Å². The standard InChI is InChI=1S/C17H13ClF3NO2/c1-16(12-8-10(18)4-6-14(12)24-2)11-5-3-9(17(19,20)21)7-13(11)22-15(16)23/h3-8H,1-2H3,(H,22,23). The Bertz CT molecular complexity index is 835. The summed E-state index contributed by atoms with van der Waals surface area (Å²) in [7, 11) is 1.45. The third-order valence-corrected chi connectivity index (χ3v) is 4.52. The quantitative estimate of drug-likeness (QED) is 0.853. The molecule has 2 aromatic carbocycles. The normalized spacial score (nSPS) is 19.8. The molecule has 0 bridgehead atoms. The molecule has 3 nitrogen and oxygen atoms in total. The Balaban J connectivity index is 2.21. The zero-order chi connectivity index (χ0) is 17.7. The van der Waals surface area contributed by atoms with Crippen LogP contribution < -0.4 is 10.1 Å². The van der Waals surface area contributed by atoms with E-state index >= 15 is 0 Å². The van der Waals surface area contributed by atoms with Gasteiger partial charge in [-0.2, -0.15) is 13.2 Å². The predicted octanol–water partition coefficient (Wildman–Crippen LogP) is 4.63. The summed E-state index contributed by atoms with van der Waals surface area (Å²) in [5.74, 6) is 0.00203. The first-order valence-electron chi connectivity index (χ1n) is 7.05. The van der Waals surface area contributed by atoms with Crippen molar-refractivity contribution in [3.63, 3.8) is 0 Å². The van der Waals surface area contributed by atoms with Gasteiger partial charge in [0.25, 0.3) is 0 Å². The van der Waals surface area contributed by atoms with Gasteiger partial charge in [0.15, 0.2) is 0 Å². The average Bonchev–Trinajstić information content (AvgIpc) is 2.78. The van der Waals surface area contributed by atoms with Crippen LogP contribution in [0.15, 0.2) is 36.4 Å². The molecule has 2 aromatic rings. The van der Waals surface area contributed by atoms with E-state index in [1.807, 2.05) is 0 Å². The smallest absolute Gasteiger partial charge is 0.416 e. The number of ether oxygens (including phenoxy) is 1. The molecule has 1 aliphatic heterocycles. The van der Waals surface area contributed by atoms with E-state index in [4.69, 9.17) is 16.3 Å². The van der Waals surface area contributed by atoms with Gasteiger partial charge in [0, 0.05) is 16.3 Å². The minimum atomic E-state index is -4.48. The number of halogens is 4. The van der Waals surface area contributed by atoms with Gasteiger partial charge in [0.2, 0.25) is 5.91 Å². The topological polar surface area (TPSA) is 38.3 Å². The fourth-order valence-corrected chi connectivity index (χ4v) is 3.14. The molecule has 0 saturated carbocycles. The molecule has 0 radical (unpaired) electrons. The number of carbonyl (C=O) groups is 1. The van der Waals surface area contributed by atoms with E-state index in [1.54, 1.807) is 25.1 Å². The van der Waals surface area contributed by atoms with Crippen LogP contribution in [0.1, 0.15) is 23.6 Å². The van der Waals surface area contributed by atoms with Gasteiger partial charge in [0.05, 0.1) is 12.7 Å². The van der Waals surface area contributed by atoms with Crippen LogP contribution in [0.2, 0.25) is 5.02 Å². The molecule has 1 atom stereocenters. The molecule has 1 aliphatic rings. The maximum Gasteiger partial charge on any atom is 0.416 e. The van der Waals surface area contributed by atoms with E-state index in [0.717, 1.165) is 12.1 Å². The number of benzene rings is 2. The number of alkyl halides is 3. The fraction of sp³-hybridized carbons (Fsp3) is 0.235. The van der Waals surface area contributed by atoms with Gasteiger partial charge in [-0.3, -0.25) is 4.79 Å². The Hall–Kier alpha value is -2.21. The van der Waals surface area contributed by atoms with E-state index in [0.29, 0.717) is 21.9 Å². The van der Waals surface area contributed by atoms with E-state index < -0.39 is 23.1 Å². The maximum absolute atomic E-state index is 12.9. The molecule has 1 heterocycles. The molecular formula is C17H13ClF3NO2. The third kappa shape index (κ3) is 2.41. The van der Waals surface area contributed by atoms with Crippen LogP contribution in [0.25, 0.3) is 0 Å². The SMILES string of the molecule is COc1ccc(Cl)cc1C1(C)C(=O)Nc2cc(C(F)(F)F)ccc21. The highest BCUT2D eigenvalue weighted by molar-refractivity contribution is 6.30. The van der Waals surface area contributed by atoms with Gasteiger partial charge in [-0.1, -0.05) is 17.7 Å². The van der Waals surface area contributed by atoms with Crippen LogP contribution in [-0.2, 0) is 16.4 Å². The molecule has 126 valence electrons. The highest BCUT2D eigenvalue weighted by Gasteiger charge is 2.47. The second-order valence-electron chi connectivity index (χ2n) is 5.68. The minimum absolute atomic E-state index is 0.138. The zero-order valence-electron chi connectivity index (χ0n) is 12.8. The molecule has 24 heavy (non-hydrogen) atoms. The molecule has 0 aromatic heterocycles. The van der Waals surface area contributed by atoms with Crippen molar-refractivity contribution in [3.05, 3.63) is 58.1 Å². The van der Waals surface area contributed by atoms with Crippen molar-refractivity contribution >= 4 is 23.2 Å². The molecule has 1 amide bonds. The Kier molecular flexibility index (Phi) is 3.75. The van der Waals surface area contributed by atoms with Crippen molar-refractivity contribution in [3.8, 4) is 5.75 Å². The van der Waals surface area contributed by atoms with Crippen molar-refractivity contribution in [1.29, 1.82) is 0 Å². The van der Waals surface area contributed by atoms with Crippen LogP contribution in [0.3, 0.4) is 0 Å². The summed E-state index contributed by atoms with van der Waals surface area (Å²) >= 11 is 6.04. The van der Waals surface area contributed by atoms with Crippen molar-refractivity contribution in [2.24, 2.45) is 0 Å². The fourth-order valence-electron chi connectivity index (χ4n) is 2.97. The lowest BCUT2D eigenvalue weighted by atomic mass is 9.76. The number of hydrogen-bond donors (Lipinski definition) is 1. The van der Waals surface area contributed by atoms with Gasteiger partial charge in [-0.25, -0.2) is 0 Å². The second-order valence-corrected chi connectivity index (χ2v) is 6.12. The number of methoxy groups -OCH3 is 1. The summed E-state index contributed by atoms with van der Waals surface area (Å²) in [6.07, 6.45) is -4.48. The van der Waals surface area contributed by atoms with Gasteiger partial charge in [-0.15, -0.1) is 0 Å². The lowest BCUT2D eigenvalue weighted by molar-refractivity contribution is -0.137. The van der Waals surface area contributed by atoms with E-state index in [1.165, 1.54) is 13.2 Å². The van der Waals surface area contributed by atoms with Crippen LogP contribution in [0.5, 0.6) is 5.75 Å². The van der Waals surface area contributed by atoms with Crippen LogP contribution in [-0.4, -0.2) is 13.0 Å². The molecule has 0 aliphatic carbocycles. The first kappa shape index (κ1) is 16.6. The predicted molar refractivity (Wildman–Crippen MR) is 84.5 cm³/mol. The Morgan fingerprint density at radius 3 is 2.46 bits per heavy atom. The van der Waals surface area contributed by atoms with Crippen molar-refractivity contribution in [1.82, 2.24) is 0 Å². The largest absolute Gasteiger partial charge is 0.496 e. The number of carbonyl (C=O) groups excluding carboxylic acids is 1. The van der Waals surface area contributed by atoms with Gasteiger partial charge < -0.3 is 10.1 Å². The Morgan fingerprint density at radius 1 is 1.12 bits per heavy atom. The summed E-state index contributed by atoms with van der Waals surface area (Å²) in [5, 5.41) is 2.94. The number of amides is 1. The van der Waals surface area contributed by atoms with E-state index in [2.05, 4.69) is 5.32 Å². The summed E-state index contributed by atoms with van der Waals surface area (Å²) in [4.78, 5) is 12.6. The van der Waals surface area contributed by atoms with E-state index in [9.17, 15) is 18.0 Å². The third-order valence-electron chi connectivity index (χ3n) is 4.29. The highest BCUT2D eigenvalue weighted by Crippen LogP contribution is 2.47. The van der Waals surface area contributed by atoms with Gasteiger partial charge in [-0.05, 0) is 42.8 Å². The number of anilines is 1. The number of hydrogen-bond acceptors (Lipinski definition) is 2. The monoisotopic (exact) mass is 355 g/mol. The summed E-state index contributed by atoms with van der Waals surface area (Å²) < 4.78 is 44.0.